The van der Waals surface area contributed by atoms with Crippen molar-refractivity contribution in [2.45, 2.75) is 25.6 Å². The summed E-state index contributed by atoms with van der Waals surface area (Å²) in [5, 5.41) is 0. The average Bonchev–Trinajstić information content (AvgIpc) is 2.23. The van der Waals surface area contributed by atoms with Gasteiger partial charge >= 0.3 is 6.18 Å². The predicted molar refractivity (Wildman–Crippen MR) is 52.9 cm³/mol. The van der Waals surface area contributed by atoms with Gasteiger partial charge in [0.15, 0.2) is 0 Å². The Kier molecular flexibility index (Phi) is 4.54. The minimum absolute atomic E-state index is 0.0243. The third-order valence-electron chi connectivity index (χ3n) is 1.94. The maximum Gasteiger partial charge on any atom is 0.389 e. The fourth-order valence-corrected chi connectivity index (χ4v) is 1.16. The Morgan fingerprint density at radius 3 is 2.75 bits per heavy atom. The van der Waals surface area contributed by atoms with E-state index in [0.29, 0.717) is 11.3 Å². The molecule has 1 heterocycles. The number of pyridine rings is 1. The second kappa shape index (κ2) is 5.69. The molecule has 0 fully saturated rings. The van der Waals surface area contributed by atoms with E-state index in [1.165, 1.54) is 6.20 Å². The third kappa shape index (κ3) is 4.48. The van der Waals surface area contributed by atoms with Crippen molar-refractivity contribution in [3.63, 3.8) is 0 Å². The molecule has 1 aromatic heterocycles. The highest BCUT2D eigenvalue weighted by atomic mass is 19.4. The minimum atomic E-state index is -4.13. The summed E-state index contributed by atoms with van der Waals surface area (Å²) in [6.45, 7) is 0.277. The van der Waals surface area contributed by atoms with Crippen LogP contribution in [0, 0.1) is 0 Å². The van der Waals surface area contributed by atoms with Gasteiger partial charge in [0, 0.05) is 30.9 Å². The molecule has 2 N–H and O–H groups in total. The summed E-state index contributed by atoms with van der Waals surface area (Å²) < 4.78 is 40.7. The van der Waals surface area contributed by atoms with Gasteiger partial charge in [-0.1, -0.05) is 0 Å². The summed E-state index contributed by atoms with van der Waals surface area (Å²) in [6, 6.07) is 1.59. The Bertz CT molecular complexity index is 328. The second-order valence-electron chi connectivity index (χ2n) is 3.25. The molecule has 1 aromatic rings. The van der Waals surface area contributed by atoms with Gasteiger partial charge in [-0.2, -0.15) is 13.2 Å². The molecule has 0 bridgehead atoms. The molecule has 0 unspecified atom stereocenters. The number of nitrogens with zero attached hydrogens (tertiary/aromatic N) is 1. The average molecular weight is 234 g/mol. The van der Waals surface area contributed by atoms with Crippen LogP contribution in [0.2, 0.25) is 0 Å². The summed E-state index contributed by atoms with van der Waals surface area (Å²) in [5.41, 5.74) is 6.11. The van der Waals surface area contributed by atoms with E-state index in [1.807, 2.05) is 0 Å². The quantitative estimate of drug-likeness (QED) is 0.795. The van der Waals surface area contributed by atoms with Gasteiger partial charge in [-0.15, -0.1) is 0 Å². The van der Waals surface area contributed by atoms with Gasteiger partial charge < -0.3 is 10.5 Å². The van der Waals surface area contributed by atoms with E-state index in [2.05, 4.69) is 4.98 Å². The minimum Gasteiger partial charge on any atom is -0.493 e. The normalized spacial score (nSPS) is 11.5. The van der Waals surface area contributed by atoms with Crippen LogP contribution >= 0.6 is 0 Å². The lowest BCUT2D eigenvalue weighted by Crippen LogP contribution is -2.10. The van der Waals surface area contributed by atoms with Crippen LogP contribution in [0.1, 0.15) is 18.4 Å². The van der Waals surface area contributed by atoms with Crippen molar-refractivity contribution >= 4 is 0 Å². The first-order chi connectivity index (χ1) is 7.53. The first-order valence-electron chi connectivity index (χ1n) is 4.85. The molecular formula is C10H13F3N2O. The van der Waals surface area contributed by atoms with Crippen LogP contribution in [0.5, 0.6) is 5.75 Å². The molecule has 0 amide bonds. The van der Waals surface area contributed by atoms with Crippen LogP contribution in [0.25, 0.3) is 0 Å². The van der Waals surface area contributed by atoms with Crippen molar-refractivity contribution < 1.29 is 17.9 Å². The Labute approximate surface area is 91.4 Å². The molecule has 0 atom stereocenters. The lowest BCUT2D eigenvalue weighted by molar-refractivity contribution is -0.136. The van der Waals surface area contributed by atoms with Gasteiger partial charge in [0.25, 0.3) is 0 Å². The number of hydrogen-bond donors (Lipinski definition) is 1. The molecule has 0 saturated heterocycles. The zero-order chi connectivity index (χ0) is 12.0. The number of ether oxygens (including phenoxy) is 1. The van der Waals surface area contributed by atoms with Gasteiger partial charge in [0.2, 0.25) is 0 Å². The van der Waals surface area contributed by atoms with Crippen LogP contribution in [-0.4, -0.2) is 17.8 Å². The molecule has 16 heavy (non-hydrogen) atoms. The number of alkyl halides is 3. The number of rotatable bonds is 5. The van der Waals surface area contributed by atoms with Crippen molar-refractivity contribution in [2.24, 2.45) is 5.73 Å². The molecule has 6 heteroatoms. The highest BCUT2D eigenvalue weighted by Gasteiger charge is 2.26. The molecule has 0 spiro atoms. The second-order valence-corrected chi connectivity index (χ2v) is 3.25. The first-order valence-corrected chi connectivity index (χ1v) is 4.85. The number of halogens is 3. The van der Waals surface area contributed by atoms with Crippen LogP contribution in [0.15, 0.2) is 18.5 Å². The molecule has 3 nitrogen and oxygen atoms in total. The molecular weight excluding hydrogens is 221 g/mol. The third-order valence-corrected chi connectivity index (χ3v) is 1.94. The topological polar surface area (TPSA) is 48.1 Å². The molecule has 0 saturated carbocycles. The van der Waals surface area contributed by atoms with Crippen molar-refractivity contribution in [1.29, 1.82) is 0 Å². The number of hydrogen-bond acceptors (Lipinski definition) is 3. The van der Waals surface area contributed by atoms with E-state index in [4.69, 9.17) is 10.5 Å². The summed E-state index contributed by atoms with van der Waals surface area (Å²) in [7, 11) is 0. The van der Waals surface area contributed by atoms with E-state index in [1.54, 1.807) is 12.3 Å². The lowest BCUT2D eigenvalue weighted by atomic mass is 10.2. The maximum absolute atomic E-state index is 11.8. The van der Waals surface area contributed by atoms with Crippen LogP contribution in [-0.2, 0) is 6.54 Å². The predicted octanol–water partition coefficient (Wildman–Crippen LogP) is 2.26. The molecule has 90 valence electrons. The van der Waals surface area contributed by atoms with Crippen molar-refractivity contribution in [3.05, 3.63) is 24.0 Å². The lowest BCUT2D eigenvalue weighted by Gasteiger charge is -2.10. The van der Waals surface area contributed by atoms with Gasteiger partial charge in [0.1, 0.15) is 5.75 Å². The van der Waals surface area contributed by atoms with Crippen molar-refractivity contribution in [1.82, 2.24) is 4.98 Å². The largest absolute Gasteiger partial charge is 0.493 e. The van der Waals surface area contributed by atoms with E-state index < -0.39 is 12.6 Å². The van der Waals surface area contributed by atoms with E-state index in [-0.39, 0.29) is 19.6 Å². The van der Waals surface area contributed by atoms with E-state index in [9.17, 15) is 13.2 Å². The summed E-state index contributed by atoms with van der Waals surface area (Å²) in [4.78, 5) is 3.84. The molecule has 0 aromatic carbocycles. The fraction of sp³-hybridized carbons (Fsp3) is 0.500. The monoisotopic (exact) mass is 234 g/mol. The smallest absolute Gasteiger partial charge is 0.389 e. The Hall–Kier alpha value is -1.30. The van der Waals surface area contributed by atoms with Crippen LogP contribution < -0.4 is 10.5 Å². The van der Waals surface area contributed by atoms with Gasteiger partial charge in [-0.25, -0.2) is 0 Å². The number of nitrogens with two attached hydrogens (primary N) is 1. The van der Waals surface area contributed by atoms with Gasteiger partial charge in [0.05, 0.1) is 6.61 Å². The van der Waals surface area contributed by atoms with E-state index >= 15 is 0 Å². The Morgan fingerprint density at radius 1 is 1.38 bits per heavy atom. The maximum atomic E-state index is 11.8. The first kappa shape index (κ1) is 12.8. The molecule has 0 radical (unpaired) electrons. The summed E-state index contributed by atoms with van der Waals surface area (Å²) in [6.07, 6.45) is -1.97. The van der Waals surface area contributed by atoms with Crippen LogP contribution in [0.3, 0.4) is 0 Å². The molecule has 0 aliphatic rings. The zero-order valence-electron chi connectivity index (χ0n) is 8.63. The zero-order valence-corrected chi connectivity index (χ0v) is 8.63. The standard InChI is InChI=1S/C10H13F3N2O/c11-10(12,13)3-1-5-16-9-2-4-15-7-8(9)6-14/h2,4,7H,1,3,5-6,14H2. The highest BCUT2D eigenvalue weighted by Crippen LogP contribution is 2.22. The van der Waals surface area contributed by atoms with Gasteiger partial charge in [-0.3, -0.25) is 4.98 Å². The van der Waals surface area contributed by atoms with Crippen LogP contribution in [0.4, 0.5) is 13.2 Å². The molecule has 0 aliphatic carbocycles. The molecule has 0 aliphatic heterocycles. The van der Waals surface area contributed by atoms with E-state index in [0.717, 1.165) is 0 Å². The van der Waals surface area contributed by atoms with Crippen molar-refractivity contribution in [3.8, 4) is 5.75 Å². The van der Waals surface area contributed by atoms with Gasteiger partial charge in [-0.05, 0) is 12.5 Å². The fourth-order valence-electron chi connectivity index (χ4n) is 1.16. The molecule has 1 rings (SSSR count). The SMILES string of the molecule is NCc1cnccc1OCCCC(F)(F)F. The summed E-state index contributed by atoms with van der Waals surface area (Å²) >= 11 is 0. The number of aromatic nitrogens is 1. The highest BCUT2D eigenvalue weighted by molar-refractivity contribution is 5.29. The Morgan fingerprint density at radius 2 is 2.12 bits per heavy atom. The van der Waals surface area contributed by atoms with Crippen molar-refractivity contribution in [2.75, 3.05) is 6.61 Å². The Balaban J connectivity index is 2.37. The summed E-state index contributed by atoms with van der Waals surface area (Å²) in [5.74, 6) is 0.500.